The van der Waals surface area contributed by atoms with Crippen molar-refractivity contribution in [1.29, 1.82) is 0 Å². The molecule has 0 aromatic rings. The van der Waals surface area contributed by atoms with Crippen molar-refractivity contribution >= 4 is 13.7 Å². The Hall–Kier alpha value is -1.58. The molecule has 0 aromatic carbocycles. The van der Waals surface area contributed by atoms with Crippen molar-refractivity contribution in [3.05, 3.63) is 48.6 Å². The molecule has 4 atom stereocenters. The molecule has 4 unspecified atom stereocenters. The lowest BCUT2D eigenvalue weighted by molar-refractivity contribution is -0.124. The molecule has 0 saturated carbocycles. The second-order valence-electron chi connectivity index (χ2n) is 11.2. The molecule has 6 N–H and O–H groups in total. The largest absolute Gasteiger partial charge is 0.472 e. The number of hydrogen-bond acceptors (Lipinski definition) is 7. The fourth-order valence-electron chi connectivity index (χ4n) is 4.30. The Labute approximate surface area is 267 Å². The average Bonchev–Trinajstić information content (AvgIpc) is 2.99. The number of carbonyl (C=O) groups excluding carboxylic acids is 1. The molecule has 0 heterocycles. The minimum absolute atomic E-state index is 0.0384. The fourth-order valence-corrected chi connectivity index (χ4v) is 5.06. The number of carbonyl (C=O) groups is 1. The number of rotatable bonds is 30. The molecular formula is C34H63N2O7P. The van der Waals surface area contributed by atoms with Gasteiger partial charge < -0.3 is 26.2 Å². The summed E-state index contributed by atoms with van der Waals surface area (Å²) in [5.74, 6) is -0.480. The number of unbranched alkanes of at least 4 members (excludes halogenated alkanes) is 10. The third kappa shape index (κ3) is 27.9. The van der Waals surface area contributed by atoms with E-state index in [0.717, 1.165) is 51.4 Å². The predicted molar refractivity (Wildman–Crippen MR) is 181 cm³/mol. The van der Waals surface area contributed by atoms with Gasteiger partial charge in [0.2, 0.25) is 5.91 Å². The van der Waals surface area contributed by atoms with E-state index in [1.807, 2.05) is 0 Å². The molecule has 0 aliphatic rings. The van der Waals surface area contributed by atoms with Crippen LogP contribution < -0.4 is 11.1 Å². The number of hydrogen-bond donors (Lipinski definition) is 5. The van der Waals surface area contributed by atoms with Crippen molar-refractivity contribution in [2.24, 2.45) is 5.73 Å². The zero-order valence-corrected chi connectivity index (χ0v) is 28.4. The molecule has 0 fully saturated rings. The van der Waals surface area contributed by atoms with Crippen LogP contribution in [0.25, 0.3) is 0 Å². The molecule has 0 aliphatic carbocycles. The molecule has 0 bridgehead atoms. The highest BCUT2D eigenvalue weighted by Gasteiger charge is 2.27. The minimum Gasteiger partial charge on any atom is -0.393 e. The second-order valence-corrected chi connectivity index (χ2v) is 12.6. The standard InChI is InChI=1S/C34H63N2O7P/c1-3-5-7-9-11-13-14-15-16-17-18-20-22-24-26-33(38)32(30-43-44(40,41)42-28-27-35)36-34(39)29-31(37)25-23-21-19-12-10-8-6-4-2/h10,12-14,17-18,24,26,31-33,37-38H,3-9,11,15-16,19-23,25,27-30,35H2,1-2H3,(H,36,39)(H,40,41)/b12-10-,14-13+,18-17+,26-24+. The number of phosphoric ester groups is 1. The smallest absolute Gasteiger partial charge is 0.393 e. The van der Waals surface area contributed by atoms with Gasteiger partial charge in [0.15, 0.2) is 0 Å². The molecule has 0 aliphatic heterocycles. The first kappa shape index (κ1) is 42.4. The van der Waals surface area contributed by atoms with Crippen LogP contribution in [0.4, 0.5) is 0 Å². The van der Waals surface area contributed by atoms with Crippen LogP contribution in [0.2, 0.25) is 0 Å². The van der Waals surface area contributed by atoms with Crippen molar-refractivity contribution in [2.75, 3.05) is 19.8 Å². The summed E-state index contributed by atoms with van der Waals surface area (Å²) in [6.45, 7) is 3.80. The summed E-state index contributed by atoms with van der Waals surface area (Å²) in [6.07, 6.45) is 30.7. The van der Waals surface area contributed by atoms with E-state index in [1.165, 1.54) is 44.6 Å². The summed E-state index contributed by atoms with van der Waals surface area (Å²) >= 11 is 0. The molecule has 9 nitrogen and oxygen atoms in total. The lowest BCUT2D eigenvalue weighted by Gasteiger charge is -2.24. The first-order valence-electron chi connectivity index (χ1n) is 16.8. The van der Waals surface area contributed by atoms with Crippen LogP contribution in [0.3, 0.4) is 0 Å². The number of aliphatic hydroxyl groups excluding tert-OH is 2. The van der Waals surface area contributed by atoms with Crippen LogP contribution in [-0.2, 0) is 18.4 Å². The van der Waals surface area contributed by atoms with Crippen molar-refractivity contribution in [2.45, 2.75) is 141 Å². The zero-order valence-electron chi connectivity index (χ0n) is 27.5. The number of aliphatic hydroxyl groups is 2. The molecule has 256 valence electrons. The third-order valence-corrected chi connectivity index (χ3v) is 7.89. The first-order chi connectivity index (χ1) is 21.3. The van der Waals surface area contributed by atoms with Gasteiger partial charge in [-0.25, -0.2) is 4.57 Å². The summed E-state index contributed by atoms with van der Waals surface area (Å²) < 4.78 is 21.9. The normalized spacial score (nSPS) is 15.9. The topological polar surface area (TPSA) is 151 Å². The number of nitrogens with two attached hydrogens (primary N) is 1. The van der Waals surface area contributed by atoms with Gasteiger partial charge in [-0.3, -0.25) is 13.8 Å². The van der Waals surface area contributed by atoms with E-state index in [4.69, 9.17) is 14.8 Å². The van der Waals surface area contributed by atoms with Gasteiger partial charge in [-0.2, -0.15) is 0 Å². The monoisotopic (exact) mass is 642 g/mol. The molecule has 0 rings (SSSR count). The van der Waals surface area contributed by atoms with Gasteiger partial charge >= 0.3 is 7.82 Å². The maximum absolute atomic E-state index is 12.6. The Balaban J connectivity index is 4.66. The summed E-state index contributed by atoms with van der Waals surface area (Å²) in [5, 5.41) is 23.7. The van der Waals surface area contributed by atoms with Gasteiger partial charge in [-0.05, 0) is 64.2 Å². The van der Waals surface area contributed by atoms with Gasteiger partial charge in [-0.1, -0.05) is 101 Å². The SMILES string of the molecule is CCCC/C=C\CCCCC(O)CC(=O)NC(COP(=O)(O)OCCN)C(O)/C=C/CC/C=C/CC/C=C/CCCCCC. The molecule has 0 aromatic heterocycles. The van der Waals surface area contributed by atoms with E-state index in [-0.39, 0.29) is 19.6 Å². The Morgan fingerprint density at radius 3 is 1.91 bits per heavy atom. The quantitative estimate of drug-likeness (QED) is 0.0314. The molecular weight excluding hydrogens is 579 g/mol. The Bertz CT molecular complexity index is 847. The van der Waals surface area contributed by atoms with Gasteiger partial charge in [0.1, 0.15) is 0 Å². The minimum atomic E-state index is -4.40. The highest BCUT2D eigenvalue weighted by molar-refractivity contribution is 7.47. The molecule has 44 heavy (non-hydrogen) atoms. The van der Waals surface area contributed by atoms with E-state index in [9.17, 15) is 24.5 Å². The van der Waals surface area contributed by atoms with E-state index in [1.54, 1.807) is 6.08 Å². The highest BCUT2D eigenvalue weighted by Crippen LogP contribution is 2.43. The Morgan fingerprint density at radius 1 is 0.773 bits per heavy atom. The molecule has 0 spiro atoms. The number of nitrogens with one attached hydrogen (secondary N) is 1. The van der Waals surface area contributed by atoms with Crippen LogP contribution in [0.5, 0.6) is 0 Å². The predicted octanol–water partition coefficient (Wildman–Crippen LogP) is 7.18. The Kier molecular flexibility index (Phi) is 29.0. The second kappa shape index (κ2) is 30.1. The van der Waals surface area contributed by atoms with E-state index in [0.29, 0.717) is 12.8 Å². The lowest BCUT2D eigenvalue weighted by atomic mass is 10.1. The van der Waals surface area contributed by atoms with E-state index < -0.39 is 38.6 Å². The summed E-state index contributed by atoms with van der Waals surface area (Å²) in [5.41, 5.74) is 5.32. The summed E-state index contributed by atoms with van der Waals surface area (Å²) in [7, 11) is -4.40. The lowest BCUT2D eigenvalue weighted by Crippen LogP contribution is -2.46. The van der Waals surface area contributed by atoms with Crippen molar-refractivity contribution in [3.63, 3.8) is 0 Å². The zero-order chi connectivity index (χ0) is 32.7. The first-order valence-corrected chi connectivity index (χ1v) is 18.3. The van der Waals surface area contributed by atoms with E-state index in [2.05, 4.69) is 55.6 Å². The van der Waals surface area contributed by atoms with Crippen LogP contribution in [-0.4, -0.2) is 59.0 Å². The molecule has 10 heteroatoms. The fraction of sp³-hybridized carbons (Fsp3) is 0.735. The summed E-state index contributed by atoms with van der Waals surface area (Å²) in [4.78, 5) is 22.5. The number of amides is 1. The van der Waals surface area contributed by atoms with Crippen molar-refractivity contribution < 1.29 is 33.5 Å². The Morgan fingerprint density at radius 2 is 1.32 bits per heavy atom. The third-order valence-electron chi connectivity index (χ3n) is 6.91. The van der Waals surface area contributed by atoms with Crippen LogP contribution in [0.15, 0.2) is 48.6 Å². The van der Waals surface area contributed by atoms with Crippen LogP contribution in [0.1, 0.15) is 123 Å². The van der Waals surface area contributed by atoms with Gasteiger partial charge in [0.25, 0.3) is 0 Å². The van der Waals surface area contributed by atoms with Gasteiger partial charge in [-0.15, -0.1) is 0 Å². The molecule has 0 radical (unpaired) electrons. The number of allylic oxidation sites excluding steroid dienone is 7. The van der Waals surface area contributed by atoms with Crippen molar-refractivity contribution in [1.82, 2.24) is 5.32 Å². The molecule has 0 saturated heterocycles. The number of phosphoric acid groups is 1. The highest BCUT2D eigenvalue weighted by atomic mass is 31.2. The average molecular weight is 643 g/mol. The molecule has 1 amide bonds. The van der Waals surface area contributed by atoms with E-state index >= 15 is 0 Å². The van der Waals surface area contributed by atoms with Crippen LogP contribution in [0, 0.1) is 0 Å². The van der Waals surface area contributed by atoms with Crippen LogP contribution >= 0.6 is 7.82 Å². The van der Waals surface area contributed by atoms with Gasteiger partial charge in [0.05, 0.1) is 37.9 Å². The summed E-state index contributed by atoms with van der Waals surface area (Å²) in [6, 6.07) is -1.01. The van der Waals surface area contributed by atoms with Crippen molar-refractivity contribution in [3.8, 4) is 0 Å². The van der Waals surface area contributed by atoms with Gasteiger partial charge in [0, 0.05) is 6.54 Å². The maximum Gasteiger partial charge on any atom is 0.472 e. The maximum atomic E-state index is 12.6.